The first-order chi connectivity index (χ1) is 10.6. The van der Waals surface area contributed by atoms with Crippen molar-refractivity contribution in [3.8, 4) is 0 Å². The van der Waals surface area contributed by atoms with E-state index in [0.29, 0.717) is 6.54 Å². The van der Waals surface area contributed by atoms with Gasteiger partial charge in [-0.1, -0.05) is 60.7 Å². The highest BCUT2D eigenvalue weighted by atomic mass is 32.2. The second-order valence-electron chi connectivity index (χ2n) is 5.73. The summed E-state index contributed by atoms with van der Waals surface area (Å²) in [5, 5.41) is 1.24. The zero-order chi connectivity index (χ0) is 15.5. The van der Waals surface area contributed by atoms with Gasteiger partial charge >= 0.3 is 0 Å². The summed E-state index contributed by atoms with van der Waals surface area (Å²) in [6.07, 6.45) is 3.67. The summed E-state index contributed by atoms with van der Waals surface area (Å²) in [4.78, 5) is 0. The van der Waals surface area contributed by atoms with Crippen LogP contribution in [0.4, 0.5) is 0 Å². The molecule has 3 nitrogen and oxygen atoms in total. The third kappa shape index (κ3) is 3.64. The van der Waals surface area contributed by atoms with Gasteiger partial charge in [0, 0.05) is 17.4 Å². The average molecular weight is 313 g/mol. The fourth-order valence-corrected chi connectivity index (χ4v) is 3.44. The SMILES string of the molecule is O=S(=O)(/C=C/c1ccccc1)NCC1(c2ccccc2)CC1. The molecule has 0 aromatic heterocycles. The van der Waals surface area contributed by atoms with Crippen LogP contribution in [-0.2, 0) is 15.4 Å². The number of nitrogens with one attached hydrogen (secondary N) is 1. The maximum absolute atomic E-state index is 12.1. The first kappa shape index (κ1) is 15.0. The lowest BCUT2D eigenvalue weighted by atomic mass is 9.96. The Balaban J connectivity index is 1.65. The van der Waals surface area contributed by atoms with Crippen molar-refractivity contribution in [1.29, 1.82) is 0 Å². The Morgan fingerprint density at radius 2 is 1.55 bits per heavy atom. The predicted octanol–water partition coefficient (Wildman–Crippen LogP) is 3.31. The van der Waals surface area contributed by atoms with E-state index in [9.17, 15) is 8.42 Å². The van der Waals surface area contributed by atoms with Crippen molar-refractivity contribution in [2.75, 3.05) is 6.54 Å². The molecular weight excluding hydrogens is 294 g/mol. The van der Waals surface area contributed by atoms with Gasteiger partial charge in [0.1, 0.15) is 0 Å². The molecular formula is C18H19NO2S. The van der Waals surface area contributed by atoms with Gasteiger partial charge in [0.15, 0.2) is 0 Å². The Bertz CT molecular complexity index is 748. The smallest absolute Gasteiger partial charge is 0.211 e. The van der Waals surface area contributed by atoms with E-state index in [4.69, 9.17) is 0 Å². The van der Waals surface area contributed by atoms with Gasteiger partial charge in [-0.25, -0.2) is 13.1 Å². The van der Waals surface area contributed by atoms with E-state index in [1.54, 1.807) is 6.08 Å². The van der Waals surface area contributed by atoms with Crippen molar-refractivity contribution in [3.63, 3.8) is 0 Å². The third-order valence-corrected chi connectivity index (χ3v) is 5.13. The minimum Gasteiger partial charge on any atom is -0.211 e. The largest absolute Gasteiger partial charge is 0.233 e. The van der Waals surface area contributed by atoms with E-state index in [1.807, 2.05) is 48.5 Å². The summed E-state index contributed by atoms with van der Waals surface area (Å²) in [6, 6.07) is 19.5. The van der Waals surface area contributed by atoms with Crippen LogP contribution < -0.4 is 4.72 Å². The lowest BCUT2D eigenvalue weighted by Crippen LogP contribution is -2.30. The van der Waals surface area contributed by atoms with Crippen LogP contribution in [0.5, 0.6) is 0 Å². The summed E-state index contributed by atoms with van der Waals surface area (Å²) in [5.41, 5.74) is 2.07. The van der Waals surface area contributed by atoms with E-state index >= 15 is 0 Å². The molecule has 4 heteroatoms. The molecule has 0 bridgehead atoms. The second kappa shape index (κ2) is 6.07. The standard InChI is InChI=1S/C18H19NO2S/c20-22(21,14-11-16-7-3-1-4-8-16)19-15-18(12-13-18)17-9-5-2-6-10-17/h1-11,14,19H,12-13,15H2/b14-11+. The normalized spacial score (nSPS) is 16.7. The number of hydrogen-bond acceptors (Lipinski definition) is 2. The Labute approximate surface area is 131 Å². The maximum Gasteiger partial charge on any atom is 0.233 e. The lowest BCUT2D eigenvalue weighted by Gasteiger charge is -2.15. The van der Waals surface area contributed by atoms with Crippen LogP contribution in [-0.4, -0.2) is 15.0 Å². The first-order valence-electron chi connectivity index (χ1n) is 7.38. The van der Waals surface area contributed by atoms with Gasteiger partial charge in [-0.05, 0) is 30.0 Å². The van der Waals surface area contributed by atoms with Gasteiger partial charge in [0.2, 0.25) is 10.0 Å². The Hall–Kier alpha value is -1.91. The van der Waals surface area contributed by atoms with E-state index in [1.165, 1.54) is 11.0 Å². The Morgan fingerprint density at radius 3 is 2.14 bits per heavy atom. The lowest BCUT2D eigenvalue weighted by molar-refractivity contribution is 0.576. The van der Waals surface area contributed by atoms with E-state index < -0.39 is 10.0 Å². The van der Waals surface area contributed by atoms with E-state index in [2.05, 4.69) is 16.9 Å². The minimum atomic E-state index is -3.41. The van der Waals surface area contributed by atoms with Crippen LogP contribution in [0.1, 0.15) is 24.0 Å². The molecule has 114 valence electrons. The number of benzene rings is 2. The second-order valence-corrected chi connectivity index (χ2v) is 7.38. The van der Waals surface area contributed by atoms with Crippen LogP contribution in [0.2, 0.25) is 0 Å². The fourth-order valence-electron chi connectivity index (χ4n) is 2.53. The molecule has 1 fully saturated rings. The molecule has 0 aliphatic heterocycles. The van der Waals surface area contributed by atoms with Gasteiger partial charge in [0.25, 0.3) is 0 Å². The molecule has 1 N–H and O–H groups in total. The average Bonchev–Trinajstić information content (AvgIpc) is 3.35. The molecule has 1 saturated carbocycles. The van der Waals surface area contributed by atoms with Crippen LogP contribution in [0, 0.1) is 0 Å². The number of hydrogen-bond donors (Lipinski definition) is 1. The van der Waals surface area contributed by atoms with Gasteiger partial charge in [-0.2, -0.15) is 0 Å². The van der Waals surface area contributed by atoms with Crippen molar-refractivity contribution in [2.45, 2.75) is 18.3 Å². The van der Waals surface area contributed by atoms with E-state index in [0.717, 1.165) is 18.4 Å². The predicted molar refractivity (Wildman–Crippen MR) is 89.8 cm³/mol. The molecule has 0 unspecified atom stereocenters. The Kier molecular flexibility index (Phi) is 4.14. The molecule has 3 rings (SSSR count). The molecule has 0 radical (unpaired) electrons. The van der Waals surface area contributed by atoms with E-state index in [-0.39, 0.29) is 5.41 Å². The molecule has 1 aliphatic carbocycles. The molecule has 1 aliphatic rings. The summed E-state index contributed by atoms with van der Waals surface area (Å²) < 4.78 is 26.9. The third-order valence-electron chi connectivity index (χ3n) is 4.09. The summed E-state index contributed by atoms with van der Waals surface area (Å²) >= 11 is 0. The van der Waals surface area contributed by atoms with Gasteiger partial charge in [0.05, 0.1) is 0 Å². The molecule has 0 amide bonds. The highest BCUT2D eigenvalue weighted by molar-refractivity contribution is 7.92. The zero-order valence-electron chi connectivity index (χ0n) is 12.3. The molecule has 0 spiro atoms. The quantitative estimate of drug-likeness (QED) is 0.889. The molecule has 2 aromatic rings. The monoisotopic (exact) mass is 313 g/mol. The molecule has 2 aromatic carbocycles. The number of rotatable bonds is 6. The fraction of sp³-hybridized carbons (Fsp3) is 0.222. The minimum absolute atomic E-state index is 0.0189. The highest BCUT2D eigenvalue weighted by Crippen LogP contribution is 2.47. The van der Waals surface area contributed by atoms with Gasteiger partial charge in [-0.3, -0.25) is 0 Å². The van der Waals surface area contributed by atoms with Gasteiger partial charge in [-0.15, -0.1) is 0 Å². The maximum atomic E-state index is 12.1. The van der Waals surface area contributed by atoms with Crippen molar-refractivity contribution in [3.05, 3.63) is 77.2 Å². The molecule has 0 atom stereocenters. The van der Waals surface area contributed by atoms with Crippen LogP contribution >= 0.6 is 0 Å². The van der Waals surface area contributed by atoms with Crippen molar-refractivity contribution in [2.24, 2.45) is 0 Å². The highest BCUT2D eigenvalue weighted by Gasteiger charge is 2.44. The van der Waals surface area contributed by atoms with Crippen molar-refractivity contribution < 1.29 is 8.42 Å². The first-order valence-corrected chi connectivity index (χ1v) is 8.93. The summed E-state index contributed by atoms with van der Waals surface area (Å²) in [6.45, 7) is 0.457. The summed E-state index contributed by atoms with van der Waals surface area (Å²) in [5.74, 6) is 0. The van der Waals surface area contributed by atoms with Crippen molar-refractivity contribution in [1.82, 2.24) is 4.72 Å². The zero-order valence-corrected chi connectivity index (χ0v) is 13.1. The number of sulfonamides is 1. The van der Waals surface area contributed by atoms with Crippen molar-refractivity contribution >= 4 is 16.1 Å². The van der Waals surface area contributed by atoms with Gasteiger partial charge < -0.3 is 0 Å². The molecule has 22 heavy (non-hydrogen) atoms. The summed E-state index contributed by atoms with van der Waals surface area (Å²) in [7, 11) is -3.41. The van der Waals surface area contributed by atoms with Crippen LogP contribution in [0.3, 0.4) is 0 Å². The molecule has 0 saturated heterocycles. The van der Waals surface area contributed by atoms with Crippen LogP contribution in [0.15, 0.2) is 66.1 Å². The molecule has 0 heterocycles. The van der Waals surface area contributed by atoms with Crippen LogP contribution in [0.25, 0.3) is 6.08 Å². The topological polar surface area (TPSA) is 46.2 Å². The Morgan fingerprint density at radius 1 is 0.955 bits per heavy atom.